The van der Waals surface area contributed by atoms with Crippen molar-refractivity contribution in [2.24, 2.45) is 0 Å². The van der Waals surface area contributed by atoms with Gasteiger partial charge in [0, 0.05) is 66.1 Å². The third-order valence-corrected chi connectivity index (χ3v) is 14.7. The summed E-state index contributed by atoms with van der Waals surface area (Å²) in [5.74, 6) is 2.77. The van der Waals surface area contributed by atoms with E-state index in [1.165, 1.54) is 12.1 Å². The number of rotatable bonds is 9. The third-order valence-electron chi connectivity index (χ3n) is 14.7. The molecule has 0 spiro atoms. The van der Waals surface area contributed by atoms with Crippen molar-refractivity contribution >= 4 is 49.3 Å². The van der Waals surface area contributed by atoms with Gasteiger partial charge < -0.3 is 9.13 Å². The lowest BCUT2D eigenvalue weighted by atomic mass is 9.92. The molecule has 0 N–H and O–H groups in total. The van der Waals surface area contributed by atoms with Crippen molar-refractivity contribution in [3.63, 3.8) is 0 Å². The van der Waals surface area contributed by atoms with E-state index in [2.05, 4.69) is 10.9 Å². The molecular formula is C69H39F3N10. The minimum Gasteiger partial charge on any atom is -0.309 e. The summed E-state index contributed by atoms with van der Waals surface area (Å²) in [5, 5.41) is 14.1. The lowest BCUT2D eigenvalue weighted by Gasteiger charge is -2.24. The first kappa shape index (κ1) is 48.9. The van der Waals surface area contributed by atoms with E-state index in [1.54, 1.807) is 12.1 Å². The molecule has 0 fully saturated rings. The summed E-state index contributed by atoms with van der Waals surface area (Å²) >= 11 is 0. The molecule has 0 aliphatic heterocycles. The van der Waals surface area contributed by atoms with Gasteiger partial charge in [0.05, 0.1) is 57.2 Å². The average molecular weight is 1070 g/mol. The highest BCUT2D eigenvalue weighted by molar-refractivity contribution is 6.13. The molecular weight excluding hydrogens is 1030 g/mol. The Morgan fingerprint density at radius 2 is 0.720 bits per heavy atom. The molecule has 0 atom stereocenters. The highest BCUT2D eigenvalue weighted by Gasteiger charge is 2.37. The third kappa shape index (κ3) is 8.45. The van der Waals surface area contributed by atoms with Crippen molar-refractivity contribution in [1.82, 2.24) is 39.0 Å². The maximum Gasteiger partial charge on any atom is 0.415 e. The summed E-state index contributed by atoms with van der Waals surface area (Å²) in [6.45, 7) is 8.48. The van der Waals surface area contributed by atoms with E-state index in [1.807, 2.05) is 215 Å². The normalized spacial score (nSPS) is 11.6. The zero-order valence-electron chi connectivity index (χ0n) is 43.1. The Hall–Kier alpha value is -11.4. The Morgan fingerprint density at radius 3 is 1.09 bits per heavy atom. The number of nitriles is 1. The molecule has 14 aromatic rings. The fourth-order valence-corrected chi connectivity index (χ4v) is 11.0. The molecule has 386 valence electrons. The van der Waals surface area contributed by atoms with Crippen LogP contribution in [0.15, 0.2) is 237 Å². The maximum atomic E-state index is 15.9. The highest BCUT2D eigenvalue weighted by Crippen LogP contribution is 2.50. The van der Waals surface area contributed by atoms with Gasteiger partial charge in [0.25, 0.3) is 0 Å². The molecule has 0 bridgehead atoms. The summed E-state index contributed by atoms with van der Waals surface area (Å²) in [4.78, 5) is 33.6. The molecule has 0 saturated heterocycles. The van der Waals surface area contributed by atoms with Crippen molar-refractivity contribution in [3.05, 3.63) is 259 Å². The van der Waals surface area contributed by atoms with Gasteiger partial charge in [-0.15, -0.1) is 0 Å². The van der Waals surface area contributed by atoms with Gasteiger partial charge in [-0.1, -0.05) is 176 Å². The smallest absolute Gasteiger partial charge is 0.309 e. The molecule has 4 aromatic heterocycles. The zero-order valence-corrected chi connectivity index (χ0v) is 43.1. The fraction of sp³-hybridized carbons (Fsp3) is 0.0145. The molecule has 14 rings (SSSR count). The Balaban J connectivity index is 1.04. The minimum atomic E-state index is -4.91. The summed E-state index contributed by atoms with van der Waals surface area (Å²) in [7, 11) is 0. The lowest BCUT2D eigenvalue weighted by molar-refractivity contribution is -0.137. The Bertz CT molecular complexity index is 4550. The van der Waals surface area contributed by atoms with Crippen LogP contribution in [-0.2, 0) is 6.18 Å². The van der Waals surface area contributed by atoms with Gasteiger partial charge in [0.1, 0.15) is 0 Å². The van der Waals surface area contributed by atoms with E-state index in [4.69, 9.17) is 36.5 Å². The topological polar surface area (TPSA) is 115 Å². The first-order chi connectivity index (χ1) is 40.2. The second kappa shape index (κ2) is 19.8. The van der Waals surface area contributed by atoms with Crippen molar-refractivity contribution in [3.8, 4) is 96.9 Å². The first-order valence-corrected chi connectivity index (χ1v) is 26.2. The first-order valence-electron chi connectivity index (χ1n) is 26.2. The largest absolute Gasteiger partial charge is 0.415 e. The van der Waals surface area contributed by atoms with Crippen LogP contribution in [0.3, 0.4) is 0 Å². The van der Waals surface area contributed by atoms with Gasteiger partial charge in [0.2, 0.25) is 0 Å². The van der Waals surface area contributed by atoms with Crippen LogP contribution in [0.5, 0.6) is 0 Å². The van der Waals surface area contributed by atoms with E-state index in [0.29, 0.717) is 68.1 Å². The lowest BCUT2D eigenvalue weighted by Crippen LogP contribution is -2.11. The number of hydrogen-bond acceptors (Lipinski definition) is 7. The van der Waals surface area contributed by atoms with Crippen molar-refractivity contribution in [1.29, 1.82) is 5.26 Å². The van der Waals surface area contributed by atoms with Gasteiger partial charge in [-0.2, -0.15) is 18.4 Å². The second-order valence-electron chi connectivity index (χ2n) is 19.6. The molecule has 4 heterocycles. The van der Waals surface area contributed by atoms with Crippen LogP contribution in [-0.4, -0.2) is 39.0 Å². The highest BCUT2D eigenvalue weighted by atomic mass is 19.4. The molecule has 10 nitrogen and oxygen atoms in total. The van der Waals surface area contributed by atoms with Gasteiger partial charge in [-0.05, 0) is 60.7 Å². The molecule has 0 amide bonds. The molecule has 0 saturated carbocycles. The molecule has 0 aliphatic rings. The Morgan fingerprint density at radius 1 is 0.366 bits per heavy atom. The average Bonchev–Trinajstić information content (AvgIpc) is 2.35. The van der Waals surface area contributed by atoms with Gasteiger partial charge >= 0.3 is 6.18 Å². The molecule has 82 heavy (non-hydrogen) atoms. The summed E-state index contributed by atoms with van der Waals surface area (Å²) < 4.78 is 51.5. The predicted octanol–water partition coefficient (Wildman–Crippen LogP) is 17.4. The molecule has 0 unspecified atom stereocenters. The molecule has 0 aliphatic carbocycles. The fourth-order valence-electron chi connectivity index (χ4n) is 11.0. The van der Waals surface area contributed by atoms with E-state index in [9.17, 15) is 5.26 Å². The number of benzene rings is 10. The zero-order chi connectivity index (χ0) is 55.5. The van der Waals surface area contributed by atoms with Crippen molar-refractivity contribution < 1.29 is 13.2 Å². The Kier molecular flexibility index (Phi) is 11.8. The van der Waals surface area contributed by atoms with E-state index >= 15 is 13.2 Å². The summed E-state index contributed by atoms with van der Waals surface area (Å²) in [5.41, 5.74) is 6.31. The van der Waals surface area contributed by atoms with Crippen molar-refractivity contribution in [2.45, 2.75) is 6.18 Å². The van der Waals surface area contributed by atoms with Crippen LogP contribution in [0.4, 0.5) is 18.9 Å². The Labute approximate surface area is 466 Å². The van der Waals surface area contributed by atoms with Crippen LogP contribution >= 0.6 is 0 Å². The van der Waals surface area contributed by atoms with E-state index in [0.717, 1.165) is 49.9 Å². The van der Waals surface area contributed by atoms with Gasteiger partial charge in [-0.3, -0.25) is 0 Å². The van der Waals surface area contributed by atoms with Crippen LogP contribution in [0.1, 0.15) is 11.1 Å². The standard InChI is InChI=1S/C69H39F3N10/c1-74-54-30-18-29-53(69(70,71)72)61(54)62-59(81-55-31-16-14-27-49(55)51-39-47(33-35-57(51)81)67-77-63(43-19-6-2-7-20-43)75-64(78-67)44-21-8-3-9-22-44)37-42(41-73)38-60(62)82-56-32-17-15-28-50(56)52-40-48(34-36-58(52)82)68-79-65(45-23-10-4-11-24-45)76-66(80-68)46-25-12-5-13-26-46/h2-40H. The van der Waals surface area contributed by atoms with E-state index in [-0.39, 0.29) is 33.8 Å². The number of para-hydroxylation sites is 2. The van der Waals surface area contributed by atoms with Gasteiger partial charge in [0.15, 0.2) is 40.6 Å². The molecule has 0 radical (unpaired) electrons. The summed E-state index contributed by atoms with van der Waals surface area (Å²) in [6.07, 6.45) is -4.91. The quantitative estimate of drug-likeness (QED) is 0.132. The van der Waals surface area contributed by atoms with E-state index < -0.39 is 11.7 Å². The number of fused-ring (bicyclic) bond motifs is 6. The SMILES string of the molecule is [C-]#[N+]c1cccc(C(F)(F)F)c1-c1c(-n2c3ccccc3c3cc(-c4nc(-c5ccccc5)nc(-c5ccccc5)n4)ccc32)cc(C#N)cc1-n1c2ccccc2c2cc(-c3nc(-c4ccccc4)nc(-c4ccccc4)n3)ccc21. The van der Waals surface area contributed by atoms with Crippen LogP contribution in [0.2, 0.25) is 0 Å². The monoisotopic (exact) mass is 1060 g/mol. The van der Waals surface area contributed by atoms with Gasteiger partial charge in [-0.25, -0.2) is 34.7 Å². The second-order valence-corrected chi connectivity index (χ2v) is 19.6. The van der Waals surface area contributed by atoms with Crippen LogP contribution in [0.25, 0.3) is 139 Å². The predicted molar refractivity (Wildman–Crippen MR) is 316 cm³/mol. The molecule has 13 heteroatoms. The number of hydrogen-bond donors (Lipinski definition) is 0. The summed E-state index contributed by atoms with van der Waals surface area (Å²) in [6, 6.07) is 74.8. The van der Waals surface area contributed by atoms with Crippen LogP contribution < -0.4 is 0 Å². The maximum absolute atomic E-state index is 15.9. The van der Waals surface area contributed by atoms with Crippen molar-refractivity contribution in [2.75, 3.05) is 0 Å². The minimum absolute atomic E-state index is 0.0892. The number of nitrogens with zero attached hydrogens (tertiary/aromatic N) is 10. The molecule has 10 aromatic carbocycles. The number of alkyl halides is 3. The van der Waals surface area contributed by atoms with Crippen LogP contribution in [0, 0.1) is 17.9 Å². The number of aromatic nitrogens is 8. The number of halogens is 3.